The van der Waals surface area contributed by atoms with Crippen molar-refractivity contribution in [3.8, 4) is 0 Å². The van der Waals surface area contributed by atoms with Crippen LogP contribution in [-0.4, -0.2) is 35.5 Å². The Morgan fingerprint density at radius 1 is 1.22 bits per heavy atom. The first-order valence-electron chi connectivity index (χ1n) is 8.07. The molecule has 2 amide bonds. The van der Waals surface area contributed by atoms with Crippen molar-refractivity contribution in [3.63, 3.8) is 0 Å². The number of aliphatic hydroxyl groups is 1. The quantitative estimate of drug-likeness (QED) is 0.578. The number of carbonyl (C=O) groups excluding carboxylic acids is 3. The molecule has 150 valence electrons. The van der Waals surface area contributed by atoms with Crippen LogP contribution in [0.4, 0.5) is 13.2 Å². The van der Waals surface area contributed by atoms with Crippen LogP contribution in [0.15, 0.2) is 24.3 Å². The second-order valence-corrected chi connectivity index (χ2v) is 5.90. The molecule has 0 heterocycles. The number of benzene rings is 1. The van der Waals surface area contributed by atoms with E-state index >= 15 is 0 Å². The number of amides is 2. The zero-order chi connectivity index (χ0) is 20.8. The lowest BCUT2D eigenvalue weighted by atomic mass is 9.97. The first-order chi connectivity index (χ1) is 12.5. The number of hydrogen-bond acceptors (Lipinski definition) is 5. The number of alkyl halides is 3. The number of ether oxygens (including phenoxy) is 1. The van der Waals surface area contributed by atoms with Crippen LogP contribution in [0.3, 0.4) is 0 Å². The zero-order valence-electron chi connectivity index (χ0n) is 14.7. The molecule has 1 aromatic carbocycles. The third kappa shape index (κ3) is 6.55. The summed E-state index contributed by atoms with van der Waals surface area (Å²) in [5.74, 6) is -3.27. The summed E-state index contributed by atoms with van der Waals surface area (Å²) in [7, 11) is 0. The van der Waals surface area contributed by atoms with Gasteiger partial charge in [-0.2, -0.15) is 13.2 Å². The van der Waals surface area contributed by atoms with E-state index in [-0.39, 0.29) is 18.6 Å². The monoisotopic (exact) mass is 390 g/mol. The van der Waals surface area contributed by atoms with Crippen LogP contribution in [-0.2, 0) is 25.3 Å². The van der Waals surface area contributed by atoms with Crippen LogP contribution < -0.4 is 11.1 Å². The van der Waals surface area contributed by atoms with Gasteiger partial charge < -0.3 is 20.9 Å². The molecule has 10 heteroatoms. The highest BCUT2D eigenvalue weighted by molar-refractivity contribution is 5.89. The minimum Gasteiger partial charge on any atom is -0.466 e. The number of rotatable bonds is 8. The molecular formula is C17H21F3N2O5. The van der Waals surface area contributed by atoms with Gasteiger partial charge in [-0.25, -0.2) is 0 Å². The molecule has 0 spiro atoms. The van der Waals surface area contributed by atoms with Crippen molar-refractivity contribution in [1.82, 2.24) is 5.32 Å². The summed E-state index contributed by atoms with van der Waals surface area (Å²) in [4.78, 5) is 35.2. The molecule has 0 saturated heterocycles. The SMILES string of the molecule is CCOC(=O)C[C@H](C)[C@@H](NC(=O)[C@H](O)c1ccc(C(F)(F)F)cc1)C(N)=O. The van der Waals surface area contributed by atoms with Gasteiger partial charge in [0.1, 0.15) is 6.04 Å². The summed E-state index contributed by atoms with van der Waals surface area (Å²) < 4.78 is 42.4. The van der Waals surface area contributed by atoms with E-state index in [0.29, 0.717) is 0 Å². The zero-order valence-corrected chi connectivity index (χ0v) is 14.7. The highest BCUT2D eigenvalue weighted by Crippen LogP contribution is 2.30. The molecule has 0 aromatic heterocycles. The first kappa shape index (κ1) is 22.4. The molecule has 1 rings (SSSR count). The number of nitrogens with one attached hydrogen (secondary N) is 1. The van der Waals surface area contributed by atoms with Crippen molar-refractivity contribution in [1.29, 1.82) is 0 Å². The van der Waals surface area contributed by atoms with Gasteiger partial charge >= 0.3 is 12.1 Å². The predicted molar refractivity (Wildman–Crippen MR) is 87.9 cm³/mol. The van der Waals surface area contributed by atoms with E-state index in [1.54, 1.807) is 6.92 Å². The van der Waals surface area contributed by atoms with Gasteiger partial charge in [-0.3, -0.25) is 14.4 Å². The van der Waals surface area contributed by atoms with E-state index in [1.807, 2.05) is 0 Å². The number of nitrogens with two attached hydrogens (primary N) is 1. The fraction of sp³-hybridized carbons (Fsp3) is 0.471. The lowest BCUT2D eigenvalue weighted by Crippen LogP contribution is -2.50. The van der Waals surface area contributed by atoms with E-state index in [0.717, 1.165) is 24.3 Å². The van der Waals surface area contributed by atoms with Crippen LogP contribution in [0.25, 0.3) is 0 Å². The maximum absolute atomic E-state index is 12.6. The van der Waals surface area contributed by atoms with Crippen molar-refractivity contribution in [2.75, 3.05) is 6.61 Å². The van der Waals surface area contributed by atoms with E-state index in [2.05, 4.69) is 5.32 Å². The van der Waals surface area contributed by atoms with Crippen LogP contribution in [0.1, 0.15) is 37.5 Å². The molecule has 0 fully saturated rings. The van der Waals surface area contributed by atoms with E-state index < -0.39 is 47.6 Å². The standard InChI is InChI=1S/C17H21F3N2O5/c1-3-27-12(23)8-9(2)13(15(21)25)22-16(26)14(24)10-4-6-11(7-5-10)17(18,19)20/h4-7,9,13-14,24H,3,8H2,1-2H3,(H2,21,25)(H,22,26)/t9-,13+,14+/m0/s1. The largest absolute Gasteiger partial charge is 0.466 e. The summed E-state index contributed by atoms with van der Waals surface area (Å²) in [6.07, 6.45) is -6.56. The topological polar surface area (TPSA) is 119 Å². The first-order valence-corrected chi connectivity index (χ1v) is 8.07. The third-order valence-electron chi connectivity index (χ3n) is 3.77. The second-order valence-electron chi connectivity index (χ2n) is 5.90. The van der Waals surface area contributed by atoms with Crippen molar-refractivity contribution in [2.24, 2.45) is 11.7 Å². The highest BCUT2D eigenvalue weighted by atomic mass is 19.4. The van der Waals surface area contributed by atoms with Gasteiger partial charge in [0.05, 0.1) is 18.6 Å². The molecule has 0 radical (unpaired) electrons. The van der Waals surface area contributed by atoms with Crippen molar-refractivity contribution in [2.45, 2.75) is 38.6 Å². The molecule has 0 unspecified atom stereocenters. The lowest BCUT2D eigenvalue weighted by molar-refractivity contribution is -0.145. The van der Waals surface area contributed by atoms with Gasteiger partial charge in [0.15, 0.2) is 6.10 Å². The molecule has 0 bridgehead atoms. The average Bonchev–Trinajstić information content (AvgIpc) is 2.57. The van der Waals surface area contributed by atoms with Gasteiger partial charge in [0.25, 0.3) is 5.91 Å². The van der Waals surface area contributed by atoms with Gasteiger partial charge in [0.2, 0.25) is 5.91 Å². The molecule has 27 heavy (non-hydrogen) atoms. The van der Waals surface area contributed by atoms with E-state index in [1.165, 1.54) is 6.92 Å². The summed E-state index contributed by atoms with van der Waals surface area (Å²) in [6.45, 7) is 3.24. The lowest BCUT2D eigenvalue weighted by Gasteiger charge is -2.23. The van der Waals surface area contributed by atoms with Crippen LogP contribution in [0.2, 0.25) is 0 Å². The number of hydrogen-bond donors (Lipinski definition) is 3. The van der Waals surface area contributed by atoms with Crippen molar-refractivity contribution < 1.29 is 37.4 Å². The fourth-order valence-corrected chi connectivity index (χ4v) is 2.33. The Morgan fingerprint density at radius 2 is 1.78 bits per heavy atom. The summed E-state index contributed by atoms with van der Waals surface area (Å²) >= 11 is 0. The molecule has 0 aliphatic heterocycles. The van der Waals surface area contributed by atoms with E-state index in [4.69, 9.17) is 10.5 Å². The summed E-state index contributed by atoms with van der Waals surface area (Å²) in [5, 5.41) is 12.2. The van der Waals surface area contributed by atoms with Gasteiger partial charge in [0, 0.05) is 0 Å². The van der Waals surface area contributed by atoms with Gasteiger partial charge in [-0.15, -0.1) is 0 Å². The van der Waals surface area contributed by atoms with Crippen LogP contribution in [0.5, 0.6) is 0 Å². The average molecular weight is 390 g/mol. The maximum Gasteiger partial charge on any atom is 0.416 e. The van der Waals surface area contributed by atoms with Crippen LogP contribution in [0, 0.1) is 5.92 Å². The minimum absolute atomic E-state index is 0.0956. The molecular weight excluding hydrogens is 369 g/mol. The molecule has 0 aliphatic rings. The Kier molecular flexibility index (Phi) is 7.77. The molecule has 0 saturated carbocycles. The molecule has 3 atom stereocenters. The normalized spacial score (nSPS) is 14.7. The molecule has 7 nitrogen and oxygen atoms in total. The third-order valence-corrected chi connectivity index (χ3v) is 3.77. The smallest absolute Gasteiger partial charge is 0.416 e. The number of aliphatic hydroxyl groups excluding tert-OH is 1. The highest BCUT2D eigenvalue weighted by Gasteiger charge is 2.32. The van der Waals surface area contributed by atoms with Gasteiger partial charge in [-0.05, 0) is 30.5 Å². The van der Waals surface area contributed by atoms with Crippen LogP contribution >= 0.6 is 0 Å². The van der Waals surface area contributed by atoms with E-state index in [9.17, 15) is 32.7 Å². The van der Waals surface area contributed by atoms with Crippen molar-refractivity contribution >= 4 is 17.8 Å². The second kappa shape index (κ2) is 9.36. The Labute approximate surface area is 153 Å². The molecule has 1 aromatic rings. The number of primary amides is 1. The maximum atomic E-state index is 12.6. The number of halogens is 3. The minimum atomic E-state index is -4.55. The van der Waals surface area contributed by atoms with Gasteiger partial charge in [-0.1, -0.05) is 19.1 Å². The number of esters is 1. The Hall–Kier alpha value is -2.62. The fourth-order valence-electron chi connectivity index (χ4n) is 2.33. The summed E-state index contributed by atoms with van der Waals surface area (Å²) in [5.41, 5.74) is 4.20. The predicted octanol–water partition coefficient (Wildman–Crippen LogP) is 1.30. The molecule has 0 aliphatic carbocycles. The number of carbonyl (C=O) groups is 3. The van der Waals surface area contributed by atoms with Crippen molar-refractivity contribution in [3.05, 3.63) is 35.4 Å². The Bertz CT molecular complexity index is 676. The summed E-state index contributed by atoms with van der Waals surface area (Å²) in [6, 6.07) is 2.08. The Balaban J connectivity index is 2.83. The molecule has 4 N–H and O–H groups in total. The Morgan fingerprint density at radius 3 is 2.22 bits per heavy atom.